The number of anilines is 1. The lowest BCUT2D eigenvalue weighted by Crippen LogP contribution is -2.60. The van der Waals surface area contributed by atoms with Crippen LogP contribution in [0.4, 0.5) is 5.69 Å². The van der Waals surface area contributed by atoms with Crippen molar-refractivity contribution in [2.75, 3.05) is 16.9 Å². The molecule has 0 bridgehead atoms. The van der Waals surface area contributed by atoms with Crippen LogP contribution in [0.25, 0.3) is 0 Å². The Balaban J connectivity index is 1.57. The van der Waals surface area contributed by atoms with Crippen LogP contribution in [0.3, 0.4) is 0 Å². The van der Waals surface area contributed by atoms with Crippen molar-refractivity contribution in [3.8, 4) is 0 Å². The summed E-state index contributed by atoms with van der Waals surface area (Å²) in [7, 11) is 0. The molecule has 1 amide bonds. The monoisotopic (exact) mass is 514 g/mol. The Hall–Kier alpha value is -3.26. The maximum atomic E-state index is 14.5. The van der Waals surface area contributed by atoms with Crippen molar-refractivity contribution in [2.24, 2.45) is 5.92 Å². The predicted molar refractivity (Wildman–Crippen MR) is 137 cm³/mol. The lowest BCUT2D eigenvalue weighted by atomic mass is 9.60. The minimum Gasteiger partial charge on any atom is -0.325 e. The third kappa shape index (κ3) is 2.39. The minimum atomic E-state index is -1.80. The van der Waals surface area contributed by atoms with Crippen LogP contribution in [-0.4, -0.2) is 51.4 Å². The highest BCUT2D eigenvalue weighted by Crippen LogP contribution is 2.63. The van der Waals surface area contributed by atoms with Gasteiger partial charge in [0.15, 0.2) is 22.9 Å². The molecule has 1 N–H and O–H groups in total. The number of para-hydroxylation sites is 1. The first-order valence-corrected chi connectivity index (χ1v) is 13.2. The summed E-state index contributed by atoms with van der Waals surface area (Å²) in [5, 5.41) is 3.44. The number of benzene rings is 3. The number of ketones is 3. The number of thioether (sulfide) groups is 1. The second-order valence-corrected chi connectivity index (χ2v) is 11.1. The van der Waals surface area contributed by atoms with Crippen molar-refractivity contribution in [2.45, 2.75) is 17.0 Å². The van der Waals surface area contributed by atoms with E-state index >= 15 is 0 Å². The van der Waals surface area contributed by atoms with Crippen LogP contribution in [0.5, 0.6) is 0 Å². The van der Waals surface area contributed by atoms with E-state index < -0.39 is 40.3 Å². The number of Topliss-reactive ketones (excluding diaryl/α,β-unsaturated/α-hetero) is 3. The van der Waals surface area contributed by atoms with Crippen molar-refractivity contribution < 1.29 is 19.2 Å². The minimum absolute atomic E-state index is 0.302. The Morgan fingerprint density at radius 2 is 1.56 bits per heavy atom. The van der Waals surface area contributed by atoms with Crippen molar-refractivity contribution in [1.82, 2.24) is 4.90 Å². The fourth-order valence-corrected chi connectivity index (χ4v) is 8.34. The summed E-state index contributed by atoms with van der Waals surface area (Å²) < 4.78 is 0. The molecule has 7 rings (SSSR count). The summed E-state index contributed by atoms with van der Waals surface area (Å²) in [6.07, 6.45) is 0. The number of carbonyl (C=O) groups is 4. The van der Waals surface area contributed by atoms with E-state index in [1.165, 1.54) is 0 Å². The Kier molecular flexibility index (Phi) is 4.51. The van der Waals surface area contributed by atoms with E-state index in [4.69, 9.17) is 11.6 Å². The van der Waals surface area contributed by atoms with Crippen molar-refractivity contribution >= 4 is 52.3 Å². The van der Waals surface area contributed by atoms with Gasteiger partial charge in [0.2, 0.25) is 5.91 Å². The number of halogens is 1. The molecule has 3 atom stereocenters. The van der Waals surface area contributed by atoms with Gasteiger partial charge in [-0.05, 0) is 35.9 Å². The molecule has 0 aromatic heterocycles. The molecule has 3 heterocycles. The van der Waals surface area contributed by atoms with Crippen molar-refractivity contribution in [1.29, 1.82) is 0 Å². The van der Waals surface area contributed by atoms with Crippen LogP contribution in [0.15, 0.2) is 72.8 Å². The van der Waals surface area contributed by atoms with Crippen molar-refractivity contribution in [3.63, 3.8) is 0 Å². The van der Waals surface area contributed by atoms with E-state index in [9.17, 15) is 19.2 Å². The molecule has 2 fully saturated rings. The standard InChI is InChI=1S/C28H19ClN2O4S/c29-16-11-9-15(10-12-16)22(32)23-27(19-7-3-4-8-20(19)30-26(27)35)21-13-36-14-31(21)28(23)24(33)17-5-1-2-6-18(17)25(28)34/h1-12,21,23H,13-14H2,(H,30,35)/t21-,23-,27-/m1/s1. The van der Waals surface area contributed by atoms with Crippen LogP contribution in [-0.2, 0) is 10.2 Å². The van der Waals surface area contributed by atoms with Crippen LogP contribution >= 0.6 is 23.4 Å². The first-order valence-electron chi connectivity index (χ1n) is 11.7. The molecule has 3 aliphatic heterocycles. The zero-order chi connectivity index (χ0) is 24.8. The van der Waals surface area contributed by atoms with Gasteiger partial charge in [0.05, 0.1) is 5.92 Å². The Labute approximate surface area is 216 Å². The lowest BCUT2D eigenvalue weighted by Gasteiger charge is -2.37. The van der Waals surface area contributed by atoms with Gasteiger partial charge in [-0.15, -0.1) is 11.8 Å². The third-order valence-electron chi connectivity index (χ3n) is 8.23. The van der Waals surface area contributed by atoms with E-state index in [1.807, 2.05) is 23.1 Å². The topological polar surface area (TPSA) is 83.6 Å². The zero-order valence-electron chi connectivity index (χ0n) is 18.9. The quantitative estimate of drug-likeness (QED) is 0.407. The number of carbonyl (C=O) groups excluding carboxylic acids is 4. The van der Waals surface area contributed by atoms with Gasteiger partial charge in [-0.2, -0.15) is 0 Å². The van der Waals surface area contributed by atoms with Crippen LogP contribution in [0.1, 0.15) is 36.6 Å². The Morgan fingerprint density at radius 3 is 2.25 bits per heavy atom. The number of hydrogen-bond acceptors (Lipinski definition) is 6. The second-order valence-electron chi connectivity index (χ2n) is 9.63. The molecular weight excluding hydrogens is 496 g/mol. The fraction of sp³-hybridized carbons (Fsp3) is 0.214. The Morgan fingerprint density at radius 1 is 0.917 bits per heavy atom. The Bertz CT molecular complexity index is 1480. The van der Waals surface area contributed by atoms with Gasteiger partial charge in [-0.3, -0.25) is 24.1 Å². The second kappa shape index (κ2) is 7.38. The molecular formula is C28H19ClN2O4S. The summed E-state index contributed by atoms with van der Waals surface area (Å²) in [6.45, 7) is 0. The fourth-order valence-electron chi connectivity index (χ4n) is 6.87. The molecule has 0 unspecified atom stereocenters. The van der Waals surface area contributed by atoms with Crippen molar-refractivity contribution in [3.05, 3.63) is 100 Å². The number of hydrogen-bond donors (Lipinski definition) is 1. The number of nitrogens with zero attached hydrogens (tertiary/aromatic N) is 1. The van der Waals surface area contributed by atoms with E-state index in [-0.39, 0.29) is 5.91 Å². The first kappa shape index (κ1) is 22.0. The molecule has 3 aromatic carbocycles. The number of nitrogens with one attached hydrogen (secondary N) is 1. The van der Waals surface area contributed by atoms with E-state index in [0.29, 0.717) is 44.6 Å². The van der Waals surface area contributed by atoms with Gasteiger partial charge in [0.1, 0.15) is 5.41 Å². The molecule has 4 aliphatic rings. The molecule has 6 nitrogen and oxygen atoms in total. The van der Waals surface area contributed by atoms with Gasteiger partial charge in [-0.1, -0.05) is 54.1 Å². The normalized spacial score (nSPS) is 27.4. The summed E-state index contributed by atoms with van der Waals surface area (Å²) in [5.74, 6) is -1.92. The summed E-state index contributed by atoms with van der Waals surface area (Å²) >= 11 is 7.67. The van der Waals surface area contributed by atoms with Crippen LogP contribution in [0, 0.1) is 5.92 Å². The van der Waals surface area contributed by atoms with E-state index in [1.54, 1.807) is 66.4 Å². The van der Waals surface area contributed by atoms with Gasteiger partial charge in [0, 0.05) is 45.1 Å². The first-order chi connectivity index (χ1) is 17.4. The molecule has 0 radical (unpaired) electrons. The number of amides is 1. The summed E-state index contributed by atoms with van der Waals surface area (Å²) in [5.41, 5.74) is -1.01. The maximum absolute atomic E-state index is 14.5. The third-order valence-corrected chi connectivity index (χ3v) is 9.49. The molecule has 2 spiro atoms. The average Bonchev–Trinajstić information content (AvgIpc) is 3.60. The molecule has 8 heteroatoms. The molecule has 36 heavy (non-hydrogen) atoms. The van der Waals surface area contributed by atoms with Crippen LogP contribution in [0.2, 0.25) is 5.02 Å². The summed E-state index contributed by atoms with van der Waals surface area (Å²) in [6, 6.07) is 19.9. The highest BCUT2D eigenvalue weighted by atomic mass is 35.5. The molecule has 1 aliphatic carbocycles. The highest BCUT2D eigenvalue weighted by molar-refractivity contribution is 7.99. The van der Waals surface area contributed by atoms with Gasteiger partial charge < -0.3 is 5.32 Å². The number of rotatable bonds is 2. The van der Waals surface area contributed by atoms with Crippen LogP contribution < -0.4 is 5.32 Å². The van der Waals surface area contributed by atoms with Gasteiger partial charge in [-0.25, -0.2) is 0 Å². The molecule has 0 saturated carbocycles. The molecule has 3 aromatic rings. The smallest absolute Gasteiger partial charge is 0.237 e. The maximum Gasteiger partial charge on any atom is 0.237 e. The summed E-state index contributed by atoms with van der Waals surface area (Å²) in [4.78, 5) is 59.2. The molecule has 2 saturated heterocycles. The SMILES string of the molecule is O=C(c1ccc(Cl)cc1)[C@H]1C2(C(=O)c3ccccc3C2=O)N2CSC[C@@H]2[C@@]12C(=O)Nc1ccccc12. The average molecular weight is 515 g/mol. The number of fused-ring (bicyclic) bond motifs is 6. The largest absolute Gasteiger partial charge is 0.325 e. The predicted octanol–water partition coefficient (Wildman–Crippen LogP) is 4.24. The molecule has 178 valence electrons. The zero-order valence-corrected chi connectivity index (χ0v) is 20.4. The van der Waals surface area contributed by atoms with E-state index in [0.717, 1.165) is 0 Å². The van der Waals surface area contributed by atoms with Gasteiger partial charge in [0.25, 0.3) is 0 Å². The van der Waals surface area contributed by atoms with E-state index in [2.05, 4.69) is 5.32 Å². The highest BCUT2D eigenvalue weighted by Gasteiger charge is 2.80. The van der Waals surface area contributed by atoms with Gasteiger partial charge >= 0.3 is 0 Å². The lowest BCUT2D eigenvalue weighted by molar-refractivity contribution is -0.122.